The van der Waals surface area contributed by atoms with Crippen LogP contribution in [0, 0.1) is 0 Å². The molecule has 0 amide bonds. The van der Waals surface area contributed by atoms with E-state index < -0.39 is 0 Å². The third-order valence-electron chi connectivity index (χ3n) is 5.53. The molecular formula is C20H21N5. The first-order valence-electron chi connectivity index (χ1n) is 9.00. The minimum Gasteiger partial charge on any atom is -0.309 e. The van der Waals surface area contributed by atoms with Gasteiger partial charge in [-0.1, -0.05) is 36.4 Å². The summed E-state index contributed by atoms with van der Waals surface area (Å²) >= 11 is 0. The van der Waals surface area contributed by atoms with Gasteiger partial charge in [-0.2, -0.15) is 0 Å². The number of nitrogens with zero attached hydrogens (tertiary/aromatic N) is 5. The zero-order chi connectivity index (χ0) is 16.6. The fourth-order valence-corrected chi connectivity index (χ4v) is 4.29. The van der Waals surface area contributed by atoms with E-state index in [1.165, 1.54) is 18.4 Å². The van der Waals surface area contributed by atoms with Gasteiger partial charge in [0.25, 0.3) is 0 Å². The van der Waals surface area contributed by atoms with E-state index in [1.54, 1.807) is 0 Å². The Morgan fingerprint density at radius 3 is 2.68 bits per heavy atom. The predicted molar refractivity (Wildman–Crippen MR) is 95.8 cm³/mol. The molecular weight excluding hydrogens is 310 g/mol. The minimum atomic E-state index is 0.546. The number of pyridine rings is 1. The van der Waals surface area contributed by atoms with Gasteiger partial charge in [0.1, 0.15) is 5.82 Å². The summed E-state index contributed by atoms with van der Waals surface area (Å²) in [5, 5.41) is 9.03. The first kappa shape index (κ1) is 14.8. The van der Waals surface area contributed by atoms with Gasteiger partial charge in [-0.05, 0) is 24.5 Å². The number of hydrogen-bond donors (Lipinski definition) is 0. The molecule has 0 N–H and O–H groups in total. The molecule has 0 aliphatic carbocycles. The van der Waals surface area contributed by atoms with Gasteiger partial charge < -0.3 is 4.57 Å². The SMILES string of the molecule is c1ccc(-c2nnc3n2C[C@H]2CC[C@@H](C3)N2Cc2cccnc2)cc1. The lowest BCUT2D eigenvalue weighted by Gasteiger charge is -2.27. The Hall–Kier alpha value is -2.53. The second kappa shape index (κ2) is 6.08. The standard InChI is InChI=1S/C20H21N5/c1-2-6-16(7-3-1)20-23-22-19-11-17-8-9-18(14-25(19)20)24(17)13-15-5-4-10-21-12-15/h1-7,10,12,17-18H,8-9,11,13-14H2/t17-,18+/m0/s1. The van der Waals surface area contributed by atoms with Gasteiger partial charge in [-0.3, -0.25) is 9.88 Å². The highest BCUT2D eigenvalue weighted by Crippen LogP contribution is 2.34. The molecule has 25 heavy (non-hydrogen) atoms. The Labute approximate surface area is 147 Å². The van der Waals surface area contributed by atoms with Crippen molar-refractivity contribution in [2.45, 2.75) is 44.4 Å². The van der Waals surface area contributed by atoms with Crippen LogP contribution in [-0.2, 0) is 19.5 Å². The van der Waals surface area contributed by atoms with Gasteiger partial charge in [0.15, 0.2) is 5.82 Å². The van der Waals surface area contributed by atoms with E-state index in [1.807, 2.05) is 24.5 Å². The molecule has 3 aromatic rings. The summed E-state index contributed by atoms with van der Waals surface area (Å²) in [7, 11) is 0. The summed E-state index contributed by atoms with van der Waals surface area (Å²) in [6.45, 7) is 1.95. The van der Waals surface area contributed by atoms with Gasteiger partial charge in [0, 0.05) is 49.6 Å². The van der Waals surface area contributed by atoms with Gasteiger partial charge in [0.2, 0.25) is 0 Å². The highest BCUT2D eigenvalue weighted by Gasteiger charge is 2.38. The molecule has 5 rings (SSSR count). The normalized spacial score (nSPS) is 22.6. The van der Waals surface area contributed by atoms with Crippen molar-refractivity contribution in [3.05, 3.63) is 66.2 Å². The van der Waals surface area contributed by atoms with Crippen LogP contribution in [-0.4, -0.2) is 36.7 Å². The highest BCUT2D eigenvalue weighted by atomic mass is 15.3. The summed E-state index contributed by atoms with van der Waals surface area (Å²) in [6.07, 6.45) is 7.31. The van der Waals surface area contributed by atoms with Crippen molar-refractivity contribution in [3.63, 3.8) is 0 Å². The van der Waals surface area contributed by atoms with Crippen molar-refractivity contribution in [3.8, 4) is 11.4 Å². The van der Waals surface area contributed by atoms with E-state index in [9.17, 15) is 0 Å². The molecule has 2 aliphatic rings. The Morgan fingerprint density at radius 1 is 0.960 bits per heavy atom. The van der Waals surface area contributed by atoms with Crippen molar-refractivity contribution in [1.82, 2.24) is 24.6 Å². The molecule has 1 fully saturated rings. The van der Waals surface area contributed by atoms with Crippen molar-refractivity contribution in [2.24, 2.45) is 0 Å². The highest BCUT2D eigenvalue weighted by molar-refractivity contribution is 5.55. The zero-order valence-corrected chi connectivity index (χ0v) is 14.1. The quantitative estimate of drug-likeness (QED) is 0.740. The number of hydrogen-bond acceptors (Lipinski definition) is 4. The first-order chi connectivity index (χ1) is 12.4. The van der Waals surface area contributed by atoms with Crippen LogP contribution in [0.5, 0.6) is 0 Å². The van der Waals surface area contributed by atoms with Gasteiger partial charge >= 0.3 is 0 Å². The summed E-state index contributed by atoms with van der Waals surface area (Å²) in [4.78, 5) is 6.93. The molecule has 2 aromatic heterocycles. The maximum absolute atomic E-state index is 4.53. The zero-order valence-electron chi connectivity index (χ0n) is 14.1. The molecule has 1 saturated heterocycles. The average molecular weight is 331 g/mol. The van der Waals surface area contributed by atoms with Crippen LogP contribution >= 0.6 is 0 Å². The Balaban J connectivity index is 1.46. The number of rotatable bonds is 3. The fraction of sp³-hybridized carbons (Fsp3) is 0.350. The summed E-state index contributed by atoms with van der Waals surface area (Å²) in [5.41, 5.74) is 2.44. The summed E-state index contributed by atoms with van der Waals surface area (Å²) in [5.74, 6) is 2.13. The van der Waals surface area contributed by atoms with E-state index in [0.29, 0.717) is 12.1 Å². The minimum absolute atomic E-state index is 0.546. The predicted octanol–water partition coefficient (Wildman–Crippen LogP) is 2.93. The Kier molecular flexibility index (Phi) is 3.59. The molecule has 0 radical (unpaired) electrons. The third kappa shape index (κ3) is 2.65. The van der Waals surface area contributed by atoms with Crippen LogP contribution in [0.2, 0.25) is 0 Å². The fourth-order valence-electron chi connectivity index (χ4n) is 4.29. The Morgan fingerprint density at radius 2 is 1.84 bits per heavy atom. The Bertz CT molecular complexity index is 858. The molecule has 2 bridgehead atoms. The van der Waals surface area contributed by atoms with Crippen molar-refractivity contribution < 1.29 is 0 Å². The van der Waals surface area contributed by atoms with E-state index in [2.05, 4.69) is 55.0 Å². The van der Waals surface area contributed by atoms with Crippen LogP contribution in [0.25, 0.3) is 11.4 Å². The van der Waals surface area contributed by atoms with Crippen molar-refractivity contribution in [1.29, 1.82) is 0 Å². The molecule has 0 unspecified atom stereocenters. The molecule has 0 spiro atoms. The number of fused-ring (bicyclic) bond motifs is 3. The lowest BCUT2D eigenvalue weighted by molar-refractivity contribution is 0.180. The smallest absolute Gasteiger partial charge is 0.164 e. The van der Waals surface area contributed by atoms with Crippen LogP contribution < -0.4 is 0 Å². The molecule has 1 aromatic carbocycles. The molecule has 4 heterocycles. The number of aromatic nitrogens is 4. The van der Waals surface area contributed by atoms with E-state index in [4.69, 9.17) is 0 Å². The topological polar surface area (TPSA) is 46.8 Å². The molecule has 5 heteroatoms. The van der Waals surface area contributed by atoms with Crippen molar-refractivity contribution in [2.75, 3.05) is 0 Å². The second-order valence-corrected chi connectivity index (χ2v) is 7.04. The maximum Gasteiger partial charge on any atom is 0.164 e. The van der Waals surface area contributed by atoms with E-state index in [0.717, 1.165) is 36.7 Å². The van der Waals surface area contributed by atoms with Crippen LogP contribution in [0.3, 0.4) is 0 Å². The van der Waals surface area contributed by atoms with E-state index >= 15 is 0 Å². The summed E-state index contributed by atoms with van der Waals surface area (Å²) < 4.78 is 2.34. The third-order valence-corrected chi connectivity index (χ3v) is 5.53. The van der Waals surface area contributed by atoms with Gasteiger partial charge in [0.05, 0.1) is 0 Å². The molecule has 0 saturated carbocycles. The second-order valence-electron chi connectivity index (χ2n) is 7.04. The van der Waals surface area contributed by atoms with Gasteiger partial charge in [-0.15, -0.1) is 10.2 Å². The lowest BCUT2D eigenvalue weighted by atomic mass is 10.1. The first-order valence-corrected chi connectivity index (χ1v) is 9.00. The molecule has 5 nitrogen and oxygen atoms in total. The molecule has 2 aliphatic heterocycles. The molecule has 126 valence electrons. The van der Waals surface area contributed by atoms with Crippen molar-refractivity contribution >= 4 is 0 Å². The van der Waals surface area contributed by atoms with Gasteiger partial charge in [-0.25, -0.2) is 0 Å². The molecule has 2 atom stereocenters. The van der Waals surface area contributed by atoms with Crippen LogP contribution in [0.15, 0.2) is 54.9 Å². The average Bonchev–Trinajstić information content (AvgIpc) is 3.17. The monoisotopic (exact) mass is 331 g/mol. The number of benzene rings is 1. The van der Waals surface area contributed by atoms with Crippen LogP contribution in [0.1, 0.15) is 24.2 Å². The van der Waals surface area contributed by atoms with Crippen LogP contribution in [0.4, 0.5) is 0 Å². The van der Waals surface area contributed by atoms with E-state index in [-0.39, 0.29) is 0 Å². The summed E-state index contributed by atoms with van der Waals surface area (Å²) in [6, 6.07) is 15.7. The maximum atomic E-state index is 4.53. The lowest BCUT2D eigenvalue weighted by Crippen LogP contribution is -2.36. The largest absolute Gasteiger partial charge is 0.309 e.